The Morgan fingerprint density at radius 2 is 1.71 bits per heavy atom. The Morgan fingerprint density at radius 3 is 2.39 bits per heavy atom. The zero-order valence-electron chi connectivity index (χ0n) is 21.7. The van der Waals surface area contributed by atoms with E-state index in [9.17, 15) is 9.59 Å². The zero-order valence-corrected chi connectivity index (χ0v) is 21.7. The first-order valence-corrected chi connectivity index (χ1v) is 12.8. The first-order valence-electron chi connectivity index (χ1n) is 12.8. The van der Waals surface area contributed by atoms with E-state index >= 15 is 0 Å². The molecule has 2 aromatic heterocycles. The molecule has 4 aromatic rings. The first-order chi connectivity index (χ1) is 18.5. The number of para-hydroxylation sites is 1. The van der Waals surface area contributed by atoms with Gasteiger partial charge in [-0.05, 0) is 67.8 Å². The van der Waals surface area contributed by atoms with Crippen LogP contribution in [-0.4, -0.2) is 54.7 Å². The van der Waals surface area contributed by atoms with E-state index in [1.807, 2.05) is 18.3 Å². The van der Waals surface area contributed by atoms with Crippen molar-refractivity contribution in [1.29, 1.82) is 0 Å². The van der Waals surface area contributed by atoms with Crippen LogP contribution in [0, 0.1) is 13.8 Å². The summed E-state index contributed by atoms with van der Waals surface area (Å²) in [5.41, 5.74) is 5.46. The molecule has 3 heterocycles. The zero-order chi connectivity index (χ0) is 26.5. The van der Waals surface area contributed by atoms with E-state index in [1.165, 1.54) is 11.3 Å². The Kier molecular flexibility index (Phi) is 7.44. The third-order valence-electron chi connectivity index (χ3n) is 6.80. The van der Waals surface area contributed by atoms with Gasteiger partial charge in [0.2, 0.25) is 0 Å². The van der Waals surface area contributed by atoms with Crippen molar-refractivity contribution >= 4 is 28.9 Å². The van der Waals surface area contributed by atoms with Crippen LogP contribution in [-0.2, 0) is 6.42 Å². The lowest BCUT2D eigenvalue weighted by Gasteiger charge is -2.38. The van der Waals surface area contributed by atoms with E-state index in [1.54, 1.807) is 31.3 Å². The van der Waals surface area contributed by atoms with E-state index < -0.39 is 0 Å². The van der Waals surface area contributed by atoms with Crippen LogP contribution in [0.5, 0.6) is 0 Å². The Morgan fingerprint density at radius 1 is 0.947 bits per heavy atom. The van der Waals surface area contributed by atoms with Gasteiger partial charge in [-0.3, -0.25) is 14.7 Å². The van der Waals surface area contributed by atoms with Gasteiger partial charge in [0.05, 0.1) is 17.6 Å². The third-order valence-corrected chi connectivity index (χ3v) is 6.80. The summed E-state index contributed by atoms with van der Waals surface area (Å²) < 4.78 is 5.52. The van der Waals surface area contributed by atoms with Gasteiger partial charge >= 0.3 is 0 Å². The van der Waals surface area contributed by atoms with Gasteiger partial charge in [-0.15, -0.1) is 0 Å². The number of anilines is 3. The molecule has 2 aromatic carbocycles. The van der Waals surface area contributed by atoms with Crippen LogP contribution in [0.2, 0.25) is 0 Å². The Bertz CT molecular complexity index is 1400. The highest BCUT2D eigenvalue weighted by Crippen LogP contribution is 2.30. The number of H-pyrrole nitrogens is 1. The maximum Gasteiger partial charge on any atom is 0.291 e. The number of hydrogen-bond acceptors (Lipinski definition) is 6. The van der Waals surface area contributed by atoms with Crippen molar-refractivity contribution in [2.24, 2.45) is 0 Å². The summed E-state index contributed by atoms with van der Waals surface area (Å²) in [4.78, 5) is 30.5. The van der Waals surface area contributed by atoms with Gasteiger partial charge < -0.3 is 24.9 Å². The van der Waals surface area contributed by atoms with Crippen molar-refractivity contribution in [1.82, 2.24) is 15.5 Å². The van der Waals surface area contributed by atoms with Gasteiger partial charge in [0, 0.05) is 50.2 Å². The molecule has 0 aliphatic carbocycles. The molecule has 0 radical (unpaired) electrons. The molecule has 1 aliphatic rings. The van der Waals surface area contributed by atoms with E-state index in [0.29, 0.717) is 30.0 Å². The van der Waals surface area contributed by atoms with Crippen LogP contribution in [0.3, 0.4) is 0 Å². The number of hydrogen-bond donors (Lipinski definition) is 3. The minimum Gasteiger partial charge on any atom is -0.456 e. The number of carbonyl (C=O) groups excluding carboxylic acids is 2. The summed E-state index contributed by atoms with van der Waals surface area (Å²) in [6.45, 7) is 7.68. The van der Waals surface area contributed by atoms with Crippen LogP contribution in [0.15, 0.2) is 71.4 Å². The summed E-state index contributed by atoms with van der Waals surface area (Å²) in [5.74, 6) is 0.338. The van der Waals surface area contributed by atoms with Gasteiger partial charge in [-0.2, -0.15) is 5.10 Å². The predicted octanol–water partition coefficient (Wildman–Crippen LogP) is 4.17. The number of furan rings is 1. The number of piperazine rings is 1. The molecule has 0 saturated carbocycles. The lowest BCUT2D eigenvalue weighted by molar-refractivity contribution is 0.0952. The summed E-state index contributed by atoms with van der Waals surface area (Å²) in [7, 11) is 0. The van der Waals surface area contributed by atoms with Crippen molar-refractivity contribution in [3.63, 3.8) is 0 Å². The number of rotatable bonds is 8. The summed E-state index contributed by atoms with van der Waals surface area (Å²) in [5, 5.41) is 12.6. The number of benzene rings is 2. The van der Waals surface area contributed by atoms with Crippen molar-refractivity contribution in [2.45, 2.75) is 20.3 Å². The molecule has 196 valence electrons. The molecule has 1 aliphatic heterocycles. The second kappa shape index (κ2) is 11.2. The number of aromatic amines is 1. The van der Waals surface area contributed by atoms with E-state index in [2.05, 4.69) is 61.8 Å². The fourth-order valence-corrected chi connectivity index (χ4v) is 4.74. The number of amides is 2. The van der Waals surface area contributed by atoms with Gasteiger partial charge in [0.1, 0.15) is 5.76 Å². The quantitative estimate of drug-likeness (QED) is 0.327. The van der Waals surface area contributed by atoms with E-state index in [4.69, 9.17) is 4.42 Å². The lowest BCUT2D eigenvalue weighted by atomic mass is 10.1. The van der Waals surface area contributed by atoms with Gasteiger partial charge in [0.15, 0.2) is 5.76 Å². The average molecular weight is 513 g/mol. The second-order valence-electron chi connectivity index (χ2n) is 9.47. The van der Waals surface area contributed by atoms with Crippen LogP contribution < -0.4 is 20.4 Å². The number of aromatic nitrogens is 2. The summed E-state index contributed by atoms with van der Waals surface area (Å²) >= 11 is 0. The molecule has 9 nitrogen and oxygen atoms in total. The fourth-order valence-electron chi connectivity index (χ4n) is 4.74. The van der Waals surface area contributed by atoms with Gasteiger partial charge in [-0.1, -0.05) is 18.2 Å². The Balaban J connectivity index is 1.33. The molecule has 1 saturated heterocycles. The highest BCUT2D eigenvalue weighted by Gasteiger charge is 2.23. The molecular formula is C29H32N6O3. The van der Waals surface area contributed by atoms with Crippen molar-refractivity contribution < 1.29 is 14.0 Å². The molecule has 0 spiro atoms. The highest BCUT2D eigenvalue weighted by atomic mass is 16.3. The third kappa shape index (κ3) is 5.72. The van der Waals surface area contributed by atoms with Gasteiger partial charge in [0.25, 0.3) is 11.8 Å². The molecular weight excluding hydrogens is 480 g/mol. The van der Waals surface area contributed by atoms with Crippen molar-refractivity contribution in [2.75, 3.05) is 47.8 Å². The van der Waals surface area contributed by atoms with Crippen LogP contribution in [0.25, 0.3) is 0 Å². The van der Waals surface area contributed by atoms with Gasteiger partial charge in [-0.25, -0.2) is 0 Å². The van der Waals surface area contributed by atoms with E-state index in [-0.39, 0.29) is 17.6 Å². The molecule has 3 N–H and O–H groups in total. The van der Waals surface area contributed by atoms with Crippen molar-refractivity contribution in [3.05, 3.63) is 95.2 Å². The molecule has 0 bridgehead atoms. The maximum atomic E-state index is 13.0. The van der Waals surface area contributed by atoms with Crippen LogP contribution >= 0.6 is 0 Å². The maximum absolute atomic E-state index is 13.0. The first kappa shape index (κ1) is 25.1. The molecule has 1 fully saturated rings. The second-order valence-corrected chi connectivity index (χ2v) is 9.47. The predicted molar refractivity (Wildman–Crippen MR) is 148 cm³/mol. The lowest BCUT2D eigenvalue weighted by Crippen LogP contribution is -2.47. The van der Waals surface area contributed by atoms with Crippen LogP contribution in [0.1, 0.15) is 37.8 Å². The normalized spacial score (nSPS) is 13.4. The molecule has 9 heteroatoms. The highest BCUT2D eigenvalue weighted by molar-refractivity contribution is 6.05. The summed E-state index contributed by atoms with van der Waals surface area (Å²) in [6.07, 6.45) is 4.22. The minimum atomic E-state index is -0.351. The topological polar surface area (TPSA) is 106 Å². The Hall–Kier alpha value is -4.53. The molecule has 2 amide bonds. The number of aryl methyl sites for hydroxylation is 2. The summed E-state index contributed by atoms with van der Waals surface area (Å²) in [6, 6.07) is 17.3. The monoisotopic (exact) mass is 512 g/mol. The van der Waals surface area contributed by atoms with Crippen molar-refractivity contribution in [3.8, 4) is 0 Å². The minimum absolute atomic E-state index is 0.200. The largest absolute Gasteiger partial charge is 0.456 e. The van der Waals surface area contributed by atoms with Crippen LogP contribution in [0.4, 0.5) is 17.1 Å². The SMILES string of the molecule is Cc1ccc(C(=O)Nc2cc(C(=O)NCCc3cn[nH]c3)ccc2N2CCN(c3ccccc3C)CC2)o1. The van der Waals surface area contributed by atoms with E-state index in [0.717, 1.165) is 37.4 Å². The molecule has 0 atom stereocenters. The number of carbonyl (C=O) groups is 2. The fraction of sp³-hybridized carbons (Fsp3) is 0.276. The molecule has 38 heavy (non-hydrogen) atoms. The molecule has 0 unspecified atom stereocenters. The smallest absolute Gasteiger partial charge is 0.291 e. The number of nitrogens with one attached hydrogen (secondary N) is 3. The standard InChI is InChI=1S/C29H32N6O3/c1-20-5-3-4-6-25(20)34-13-15-35(16-14-34)26-9-8-23(28(36)30-12-11-22-18-31-32-19-22)17-24(26)33-29(37)27-10-7-21(2)38-27/h3-10,17-19H,11-16H2,1-2H3,(H,30,36)(H,31,32)(H,33,37). The average Bonchev–Trinajstić information content (AvgIpc) is 3.61. The number of nitrogens with zero attached hydrogens (tertiary/aromatic N) is 3. The Labute approximate surface area is 221 Å². The molecule has 5 rings (SSSR count).